The Morgan fingerprint density at radius 3 is 1.72 bits per heavy atom. The lowest BCUT2D eigenvalue weighted by Gasteiger charge is -2.36. The minimum Gasteiger partial charge on any atom is -0.479 e. The van der Waals surface area contributed by atoms with E-state index in [4.69, 9.17) is 32.0 Å². The molecular formula is C27H31ClN2O6. The molecule has 3 atom stereocenters. The van der Waals surface area contributed by atoms with Crippen LogP contribution in [0.5, 0.6) is 0 Å². The number of carboxylic acids is 2. The van der Waals surface area contributed by atoms with E-state index in [0.717, 1.165) is 23.8 Å². The molecule has 0 bridgehead atoms. The molecule has 0 spiro atoms. The predicted molar refractivity (Wildman–Crippen MR) is 139 cm³/mol. The van der Waals surface area contributed by atoms with Gasteiger partial charge in [0, 0.05) is 13.1 Å². The molecular weight excluding hydrogens is 484 g/mol. The fourth-order valence-electron chi connectivity index (χ4n) is 3.50. The van der Waals surface area contributed by atoms with Gasteiger partial charge in [0.2, 0.25) is 0 Å². The van der Waals surface area contributed by atoms with Gasteiger partial charge >= 0.3 is 11.9 Å². The first-order chi connectivity index (χ1) is 17.1. The summed E-state index contributed by atoms with van der Waals surface area (Å²) in [5, 5.41) is 33.3. The molecule has 36 heavy (non-hydrogen) atoms. The van der Waals surface area contributed by atoms with Gasteiger partial charge in [-0.2, -0.15) is 0 Å². The molecule has 9 heteroatoms. The van der Waals surface area contributed by atoms with Crippen LogP contribution in [0.3, 0.4) is 0 Å². The topological polar surface area (TPSA) is 122 Å². The number of halogens is 1. The highest BCUT2D eigenvalue weighted by Crippen LogP contribution is 2.34. The molecule has 192 valence electrons. The van der Waals surface area contributed by atoms with E-state index in [9.17, 15) is 9.59 Å². The molecule has 3 rings (SSSR count). The van der Waals surface area contributed by atoms with E-state index in [1.165, 1.54) is 11.1 Å². The summed E-state index contributed by atoms with van der Waals surface area (Å²) in [5.41, 5.74) is 3.62. The molecule has 0 aliphatic carbocycles. The molecule has 0 saturated carbocycles. The Balaban J connectivity index is 0.000000388. The van der Waals surface area contributed by atoms with Gasteiger partial charge in [-0.3, -0.25) is 0 Å². The largest absolute Gasteiger partial charge is 0.479 e. The fourth-order valence-corrected chi connectivity index (χ4v) is 3.75. The van der Waals surface area contributed by atoms with Gasteiger partial charge < -0.3 is 30.2 Å². The molecule has 0 saturated heterocycles. The number of carboxylic acid groups (broad SMARTS) is 2. The molecule has 3 aromatic carbocycles. The number of aliphatic hydroxyl groups excluding tert-OH is 2. The first kappa shape index (κ1) is 28.8. The van der Waals surface area contributed by atoms with Gasteiger partial charge in [-0.05, 0) is 37.4 Å². The molecule has 0 radical (unpaired) electrons. The number of aliphatic hydroxyl groups is 2. The maximum absolute atomic E-state index is 9.77. The second-order valence-electron chi connectivity index (χ2n) is 8.32. The van der Waals surface area contributed by atoms with Crippen LogP contribution < -0.4 is 4.90 Å². The standard InChI is InChI=1S/C23H25ClN2.C4H6O6/c1-25(2)18-23(20-13-7-4-8-14-20)26(17-19-11-5-3-6-12-19)22-16-10-9-15-21(22)24;5-1(3(7)8)2(6)4(9)10/h3-16,23H,17-18H2,1-2H3;1-2,5-6H,(H,7,8)(H,9,10). The number of hydrogen-bond acceptors (Lipinski definition) is 6. The first-order valence-corrected chi connectivity index (χ1v) is 11.6. The predicted octanol–water partition coefficient (Wildman–Crippen LogP) is 3.53. The second-order valence-corrected chi connectivity index (χ2v) is 8.73. The Morgan fingerprint density at radius 1 is 0.778 bits per heavy atom. The molecule has 0 aromatic heterocycles. The van der Waals surface area contributed by atoms with Crippen molar-refractivity contribution in [3.63, 3.8) is 0 Å². The molecule has 0 amide bonds. The summed E-state index contributed by atoms with van der Waals surface area (Å²) in [6.45, 7) is 1.71. The van der Waals surface area contributed by atoms with Gasteiger partial charge in [0.25, 0.3) is 0 Å². The van der Waals surface area contributed by atoms with Crippen LogP contribution in [-0.2, 0) is 16.1 Å². The number of carbonyl (C=O) groups is 2. The lowest BCUT2D eigenvalue weighted by molar-refractivity contribution is -0.165. The zero-order valence-electron chi connectivity index (χ0n) is 20.1. The lowest BCUT2D eigenvalue weighted by Crippen LogP contribution is -2.39. The molecule has 3 unspecified atom stereocenters. The Bertz CT molecular complexity index is 1080. The lowest BCUT2D eigenvalue weighted by atomic mass is 10.0. The van der Waals surface area contributed by atoms with Crippen LogP contribution in [0.4, 0.5) is 5.69 Å². The van der Waals surface area contributed by atoms with Crippen LogP contribution >= 0.6 is 11.6 Å². The van der Waals surface area contributed by atoms with Crippen molar-refractivity contribution in [3.8, 4) is 0 Å². The fraction of sp³-hybridized carbons (Fsp3) is 0.259. The quantitative estimate of drug-likeness (QED) is 0.324. The van der Waals surface area contributed by atoms with Gasteiger partial charge in [-0.25, -0.2) is 9.59 Å². The Hall–Kier alpha value is -3.43. The third kappa shape index (κ3) is 8.66. The summed E-state index contributed by atoms with van der Waals surface area (Å²) >= 11 is 6.60. The summed E-state index contributed by atoms with van der Waals surface area (Å²) in [4.78, 5) is 24.2. The van der Waals surface area contributed by atoms with Gasteiger partial charge in [0.15, 0.2) is 12.2 Å². The van der Waals surface area contributed by atoms with E-state index in [1.54, 1.807) is 0 Å². The van der Waals surface area contributed by atoms with Crippen molar-refractivity contribution >= 4 is 29.2 Å². The number of nitrogens with zero attached hydrogens (tertiary/aromatic N) is 2. The van der Waals surface area contributed by atoms with Gasteiger partial charge in [0.05, 0.1) is 16.8 Å². The van der Waals surface area contributed by atoms with E-state index in [-0.39, 0.29) is 6.04 Å². The number of rotatable bonds is 10. The van der Waals surface area contributed by atoms with Gasteiger partial charge in [-0.15, -0.1) is 0 Å². The number of hydrogen-bond donors (Lipinski definition) is 4. The maximum atomic E-state index is 9.77. The van der Waals surface area contributed by atoms with E-state index >= 15 is 0 Å². The van der Waals surface area contributed by atoms with E-state index in [0.29, 0.717) is 0 Å². The van der Waals surface area contributed by atoms with E-state index in [1.807, 2.05) is 12.1 Å². The molecule has 0 heterocycles. The number of anilines is 1. The molecule has 0 fully saturated rings. The zero-order valence-corrected chi connectivity index (χ0v) is 20.9. The number of para-hydroxylation sites is 1. The maximum Gasteiger partial charge on any atom is 0.335 e. The Morgan fingerprint density at radius 2 is 1.25 bits per heavy atom. The normalized spacial score (nSPS) is 13.2. The summed E-state index contributed by atoms with van der Waals surface area (Å²) in [6.07, 6.45) is -4.53. The Labute approximate surface area is 215 Å². The zero-order chi connectivity index (χ0) is 26.7. The average Bonchev–Trinajstić information content (AvgIpc) is 2.87. The number of benzene rings is 3. The summed E-state index contributed by atoms with van der Waals surface area (Å²) in [5.74, 6) is -3.54. The van der Waals surface area contributed by atoms with Crippen molar-refractivity contribution in [2.24, 2.45) is 0 Å². The highest BCUT2D eigenvalue weighted by molar-refractivity contribution is 6.33. The van der Waals surface area contributed by atoms with Crippen LogP contribution in [0.2, 0.25) is 5.02 Å². The van der Waals surface area contributed by atoms with Crippen LogP contribution in [0.1, 0.15) is 17.2 Å². The highest BCUT2D eigenvalue weighted by Gasteiger charge is 2.29. The molecule has 8 nitrogen and oxygen atoms in total. The van der Waals surface area contributed by atoms with Crippen molar-refractivity contribution < 1.29 is 30.0 Å². The number of aliphatic carboxylic acids is 2. The van der Waals surface area contributed by atoms with Crippen molar-refractivity contribution in [3.05, 3.63) is 101 Å². The van der Waals surface area contributed by atoms with Crippen molar-refractivity contribution in [2.75, 3.05) is 25.5 Å². The first-order valence-electron chi connectivity index (χ1n) is 11.2. The van der Waals surface area contributed by atoms with Gasteiger partial charge in [-0.1, -0.05) is 84.4 Å². The monoisotopic (exact) mass is 514 g/mol. The second kappa shape index (κ2) is 14.2. The SMILES string of the molecule is CN(C)CC(c1ccccc1)N(Cc1ccccc1)c1ccccc1Cl.O=C(O)C(O)C(O)C(=O)O. The summed E-state index contributed by atoms with van der Waals surface area (Å²) in [7, 11) is 4.23. The third-order valence-corrected chi connectivity index (χ3v) is 5.58. The van der Waals surface area contributed by atoms with Crippen LogP contribution in [0.25, 0.3) is 0 Å². The Kier molecular flexibility index (Phi) is 11.4. The number of likely N-dealkylation sites (N-methyl/N-ethyl adjacent to an activating group) is 1. The molecule has 3 aromatic rings. The minimum absolute atomic E-state index is 0.200. The smallest absolute Gasteiger partial charge is 0.335 e. The highest BCUT2D eigenvalue weighted by atomic mass is 35.5. The van der Waals surface area contributed by atoms with Crippen molar-refractivity contribution in [2.45, 2.75) is 24.8 Å². The van der Waals surface area contributed by atoms with E-state index < -0.39 is 24.1 Å². The van der Waals surface area contributed by atoms with Crippen molar-refractivity contribution in [1.82, 2.24) is 4.90 Å². The van der Waals surface area contributed by atoms with Crippen LogP contribution in [-0.4, -0.2) is 70.1 Å². The molecule has 0 aliphatic heterocycles. The summed E-state index contributed by atoms with van der Waals surface area (Å²) < 4.78 is 0. The summed E-state index contributed by atoms with van der Waals surface area (Å²) in [6, 6.07) is 29.5. The van der Waals surface area contributed by atoms with Gasteiger partial charge in [0.1, 0.15) is 0 Å². The molecule has 0 aliphatic rings. The van der Waals surface area contributed by atoms with Crippen molar-refractivity contribution in [1.29, 1.82) is 0 Å². The minimum atomic E-state index is -2.27. The van der Waals surface area contributed by atoms with Crippen LogP contribution in [0, 0.1) is 0 Å². The third-order valence-electron chi connectivity index (χ3n) is 5.26. The molecule has 4 N–H and O–H groups in total. The average molecular weight is 515 g/mol. The van der Waals surface area contributed by atoms with E-state index in [2.05, 4.69) is 96.7 Å². The van der Waals surface area contributed by atoms with Crippen LogP contribution in [0.15, 0.2) is 84.9 Å².